The van der Waals surface area contributed by atoms with Crippen molar-refractivity contribution in [3.8, 4) is 0 Å². The molecule has 1 aliphatic carbocycles. The van der Waals surface area contributed by atoms with E-state index < -0.39 is 0 Å². The molecule has 1 heteroatoms. The lowest BCUT2D eigenvalue weighted by molar-refractivity contribution is 0.319. The number of hydrogen-bond acceptors (Lipinski definition) is 1. The van der Waals surface area contributed by atoms with Crippen molar-refractivity contribution in [1.82, 2.24) is 0 Å². The van der Waals surface area contributed by atoms with Crippen molar-refractivity contribution in [3.05, 3.63) is 136 Å². The second-order valence-corrected chi connectivity index (χ2v) is 19.2. The molecule has 0 bridgehead atoms. The molecule has 3 atom stereocenters. The summed E-state index contributed by atoms with van der Waals surface area (Å²) in [5.41, 5.74) is 11.4. The van der Waals surface area contributed by atoms with Crippen LogP contribution in [0.2, 0.25) is 0 Å². The molecule has 1 aliphatic rings. The Kier molecular flexibility index (Phi) is 14.2. The number of rotatable bonds is 21. The molecule has 1 N–H and O–H groups in total. The molecular formula is C54H77N. The first kappa shape index (κ1) is 42.8. The zero-order chi connectivity index (χ0) is 39.9. The first-order chi connectivity index (χ1) is 26.2. The fraction of sp³-hybridized carbons (Fsp3) is 0.556. The summed E-state index contributed by atoms with van der Waals surface area (Å²) in [4.78, 5) is 0. The average molecular weight is 740 g/mol. The number of hydrogen-bond donors (Lipinski definition) is 1. The Morgan fingerprint density at radius 3 is 1.42 bits per heavy atom. The van der Waals surface area contributed by atoms with E-state index in [4.69, 9.17) is 0 Å². The molecule has 55 heavy (non-hydrogen) atoms. The van der Waals surface area contributed by atoms with Gasteiger partial charge in [-0.3, -0.25) is 0 Å². The van der Waals surface area contributed by atoms with Crippen LogP contribution < -0.4 is 5.32 Å². The van der Waals surface area contributed by atoms with Gasteiger partial charge >= 0.3 is 0 Å². The van der Waals surface area contributed by atoms with Crippen molar-refractivity contribution in [3.63, 3.8) is 0 Å². The van der Waals surface area contributed by atoms with Crippen LogP contribution >= 0.6 is 0 Å². The van der Waals surface area contributed by atoms with Crippen LogP contribution in [-0.4, -0.2) is 5.54 Å². The van der Waals surface area contributed by atoms with Crippen molar-refractivity contribution >= 4 is 5.69 Å². The maximum atomic E-state index is 3.98. The molecule has 1 saturated carbocycles. The zero-order valence-electron chi connectivity index (χ0n) is 37.0. The van der Waals surface area contributed by atoms with Crippen LogP contribution in [0.5, 0.6) is 0 Å². The van der Waals surface area contributed by atoms with E-state index >= 15 is 0 Å². The minimum Gasteiger partial charge on any atom is -0.380 e. The van der Waals surface area contributed by atoms with Gasteiger partial charge < -0.3 is 5.32 Å². The quantitative estimate of drug-likeness (QED) is 0.0897. The Morgan fingerprint density at radius 2 is 0.982 bits per heavy atom. The molecule has 4 aromatic carbocycles. The Hall–Kier alpha value is -3.32. The Bertz CT molecular complexity index is 1730. The molecule has 3 unspecified atom stereocenters. The highest BCUT2D eigenvalue weighted by atomic mass is 15.0. The predicted octanol–water partition coefficient (Wildman–Crippen LogP) is 15.4. The smallest absolute Gasteiger partial charge is 0.0368 e. The molecule has 5 rings (SSSR count). The molecule has 0 heterocycles. The summed E-state index contributed by atoms with van der Waals surface area (Å²) >= 11 is 0. The lowest BCUT2D eigenvalue weighted by Crippen LogP contribution is -2.41. The van der Waals surface area contributed by atoms with E-state index in [9.17, 15) is 0 Å². The van der Waals surface area contributed by atoms with Gasteiger partial charge in [0, 0.05) is 22.1 Å². The molecule has 0 spiro atoms. The summed E-state index contributed by atoms with van der Waals surface area (Å²) in [6.07, 6.45) is 15.1. The van der Waals surface area contributed by atoms with E-state index in [1.54, 1.807) is 0 Å². The normalized spacial score (nSPS) is 16.1. The van der Waals surface area contributed by atoms with E-state index in [0.717, 1.165) is 31.1 Å². The van der Waals surface area contributed by atoms with Gasteiger partial charge in [-0.1, -0.05) is 173 Å². The minimum absolute atomic E-state index is 0.0167. The monoisotopic (exact) mass is 740 g/mol. The van der Waals surface area contributed by atoms with E-state index in [1.165, 1.54) is 102 Å². The molecule has 0 aliphatic heterocycles. The van der Waals surface area contributed by atoms with Crippen molar-refractivity contribution < 1.29 is 0 Å². The molecule has 0 radical (unpaired) electrons. The van der Waals surface area contributed by atoms with E-state index in [-0.39, 0.29) is 21.8 Å². The van der Waals surface area contributed by atoms with E-state index in [2.05, 4.69) is 179 Å². The second kappa shape index (κ2) is 18.3. The number of aryl methyl sites for hydroxylation is 2. The van der Waals surface area contributed by atoms with Gasteiger partial charge in [-0.05, 0) is 139 Å². The van der Waals surface area contributed by atoms with Crippen molar-refractivity contribution in [2.24, 2.45) is 17.8 Å². The fourth-order valence-corrected chi connectivity index (χ4v) is 8.97. The summed E-state index contributed by atoms with van der Waals surface area (Å²) in [6.45, 7) is 26.2. The van der Waals surface area contributed by atoms with Gasteiger partial charge in [0.15, 0.2) is 0 Å². The van der Waals surface area contributed by atoms with Gasteiger partial charge in [0.1, 0.15) is 0 Å². The predicted molar refractivity (Wildman–Crippen MR) is 242 cm³/mol. The molecular weight excluding hydrogens is 663 g/mol. The van der Waals surface area contributed by atoms with Gasteiger partial charge in [0.05, 0.1) is 0 Å². The summed E-state index contributed by atoms with van der Waals surface area (Å²) in [5, 5.41) is 3.98. The number of nitrogens with one attached hydrogen (secondary N) is 1. The zero-order valence-corrected chi connectivity index (χ0v) is 37.0. The van der Waals surface area contributed by atoms with Crippen LogP contribution in [0.4, 0.5) is 5.69 Å². The Labute approximate surface area is 338 Å². The van der Waals surface area contributed by atoms with E-state index in [1.807, 2.05) is 0 Å². The molecule has 4 aromatic rings. The lowest BCUT2D eigenvalue weighted by Gasteiger charge is -2.37. The standard InChI is InChI=1S/C54H77N/c1-12-40(5)38-39-54(14-3,15-4)49-32-30-47(31-33-49)51(7,8)45-26-22-42(23-27-45)17-16-41(6)53(11,13-2)55-50-36-34-48(35-37-50)52(9,10)46-28-24-44(25-29-46)21-20-43-18-19-43/h22-37,40-41,43,55H,12-21,38-39H2,1-11H3. The van der Waals surface area contributed by atoms with Gasteiger partial charge in [-0.2, -0.15) is 0 Å². The summed E-state index contributed by atoms with van der Waals surface area (Å²) < 4.78 is 0. The van der Waals surface area contributed by atoms with E-state index in [0.29, 0.717) is 5.92 Å². The third-order valence-electron chi connectivity index (χ3n) is 15.0. The summed E-state index contributed by atoms with van der Waals surface area (Å²) in [7, 11) is 0. The highest BCUT2D eigenvalue weighted by Gasteiger charge is 2.32. The van der Waals surface area contributed by atoms with Crippen LogP contribution in [0, 0.1) is 17.8 Å². The maximum Gasteiger partial charge on any atom is 0.0368 e. The molecule has 0 saturated heterocycles. The first-order valence-electron chi connectivity index (χ1n) is 22.4. The SMILES string of the molecule is CCC(C)CCC(CC)(CC)c1ccc(C(C)(C)c2ccc(CCC(C)C(C)(CC)Nc3ccc(C(C)(C)c4ccc(CCC5CC5)cc4)cc3)cc2)cc1. The highest BCUT2D eigenvalue weighted by molar-refractivity contribution is 5.50. The maximum absolute atomic E-state index is 3.98. The Morgan fingerprint density at radius 1 is 0.545 bits per heavy atom. The minimum atomic E-state index is -0.0443. The largest absolute Gasteiger partial charge is 0.380 e. The lowest BCUT2D eigenvalue weighted by atomic mass is 9.70. The molecule has 0 aromatic heterocycles. The van der Waals surface area contributed by atoms with Gasteiger partial charge in [0.25, 0.3) is 0 Å². The summed E-state index contributed by atoms with van der Waals surface area (Å²) in [6, 6.07) is 37.9. The third-order valence-corrected chi connectivity index (χ3v) is 15.0. The number of benzene rings is 4. The first-order valence-corrected chi connectivity index (χ1v) is 22.4. The van der Waals surface area contributed by atoms with Crippen LogP contribution in [-0.2, 0) is 29.1 Å². The molecule has 1 fully saturated rings. The third kappa shape index (κ3) is 10.4. The van der Waals surface area contributed by atoms with Crippen LogP contribution in [0.25, 0.3) is 0 Å². The highest BCUT2D eigenvalue weighted by Crippen LogP contribution is 2.40. The van der Waals surface area contributed by atoms with Crippen molar-refractivity contribution in [2.45, 2.75) is 175 Å². The molecule has 1 nitrogen and oxygen atoms in total. The van der Waals surface area contributed by atoms with Gasteiger partial charge in [-0.15, -0.1) is 0 Å². The second-order valence-electron chi connectivity index (χ2n) is 19.2. The Balaban J connectivity index is 1.17. The van der Waals surface area contributed by atoms with Crippen molar-refractivity contribution in [1.29, 1.82) is 0 Å². The summed E-state index contributed by atoms with van der Waals surface area (Å²) in [5.74, 6) is 2.30. The number of anilines is 1. The van der Waals surface area contributed by atoms with Crippen LogP contribution in [0.1, 0.15) is 179 Å². The average Bonchev–Trinajstić information content (AvgIpc) is 4.05. The molecule has 0 amide bonds. The fourth-order valence-electron chi connectivity index (χ4n) is 8.97. The van der Waals surface area contributed by atoms with Crippen molar-refractivity contribution in [2.75, 3.05) is 5.32 Å². The van der Waals surface area contributed by atoms with Crippen LogP contribution in [0.15, 0.2) is 97.1 Å². The van der Waals surface area contributed by atoms with Crippen LogP contribution in [0.3, 0.4) is 0 Å². The topological polar surface area (TPSA) is 12.0 Å². The molecule has 298 valence electrons. The van der Waals surface area contributed by atoms with Gasteiger partial charge in [-0.25, -0.2) is 0 Å². The van der Waals surface area contributed by atoms with Gasteiger partial charge in [0.2, 0.25) is 0 Å².